The van der Waals surface area contributed by atoms with Crippen LogP contribution in [0.3, 0.4) is 0 Å². The molecule has 8 heteroatoms. The molecule has 2 aromatic carbocycles. The lowest BCUT2D eigenvalue weighted by molar-refractivity contribution is -0.118. The van der Waals surface area contributed by atoms with Crippen LogP contribution in [0.1, 0.15) is 60.4 Å². The number of methoxy groups -OCH3 is 2. The van der Waals surface area contributed by atoms with Gasteiger partial charge in [0.25, 0.3) is 5.56 Å². The summed E-state index contributed by atoms with van der Waals surface area (Å²) in [5.74, 6) is 1.80. The Kier molecular flexibility index (Phi) is 6.86. The number of fused-ring (bicyclic) bond motifs is 1. The van der Waals surface area contributed by atoms with Crippen molar-refractivity contribution in [2.75, 3.05) is 19.5 Å². The maximum Gasteiger partial charge on any atom is 0.257 e. The molecule has 3 aromatic rings. The first kappa shape index (κ1) is 26.1. The van der Waals surface area contributed by atoms with Crippen LogP contribution < -0.4 is 20.3 Å². The second kappa shape index (κ2) is 9.98. The van der Waals surface area contributed by atoms with Gasteiger partial charge in [-0.05, 0) is 54.5 Å². The van der Waals surface area contributed by atoms with E-state index in [0.717, 1.165) is 11.3 Å². The molecule has 0 radical (unpaired) electrons. The van der Waals surface area contributed by atoms with Crippen LogP contribution in [0.4, 0.5) is 5.82 Å². The van der Waals surface area contributed by atoms with Crippen LogP contribution in [0.25, 0.3) is 0 Å². The molecular formula is C30H33N3O4S. The average Bonchev–Trinajstić information content (AvgIpc) is 2.85. The molecular weight excluding hydrogens is 498 g/mol. The quantitative estimate of drug-likeness (QED) is 0.302. The van der Waals surface area contributed by atoms with Gasteiger partial charge in [0.05, 0.1) is 19.8 Å². The van der Waals surface area contributed by atoms with Crippen molar-refractivity contribution < 1.29 is 14.3 Å². The van der Waals surface area contributed by atoms with Gasteiger partial charge in [0.15, 0.2) is 22.4 Å². The molecule has 2 N–H and O–H groups in total. The van der Waals surface area contributed by atoms with Gasteiger partial charge in [-0.3, -0.25) is 9.59 Å². The molecule has 7 nitrogen and oxygen atoms in total. The van der Waals surface area contributed by atoms with Gasteiger partial charge in [-0.15, -0.1) is 0 Å². The maximum atomic E-state index is 13.6. The van der Waals surface area contributed by atoms with Crippen molar-refractivity contribution in [2.24, 2.45) is 5.41 Å². The van der Waals surface area contributed by atoms with Crippen molar-refractivity contribution >= 4 is 23.4 Å². The third-order valence-electron chi connectivity index (χ3n) is 7.30. The molecule has 0 unspecified atom stereocenters. The van der Waals surface area contributed by atoms with Crippen LogP contribution in [0, 0.1) is 19.3 Å². The standard InChI is InChI=1S/C30H33N3O4S/c1-16-7-8-19(17(2)11-16)15-38-29-32-27-26(28(35)33-29)24(18-9-10-22(36-5)23(12-18)37-6)25-20(31-27)13-30(3,4)14-21(25)34/h7-12,24H,13-15H2,1-6H3,(H2,31,32,33,35)/t24-/m1/s1. The predicted octanol–water partition coefficient (Wildman–Crippen LogP) is 5.90. The number of hydrogen-bond acceptors (Lipinski definition) is 7. The molecule has 5 rings (SSSR count). The highest BCUT2D eigenvalue weighted by Gasteiger charge is 2.42. The van der Waals surface area contributed by atoms with Gasteiger partial charge in [0.1, 0.15) is 5.82 Å². The van der Waals surface area contributed by atoms with Crippen LogP contribution in [0.15, 0.2) is 57.6 Å². The molecule has 0 spiro atoms. The Morgan fingerprint density at radius 2 is 1.79 bits per heavy atom. The molecule has 1 atom stereocenters. The van der Waals surface area contributed by atoms with Gasteiger partial charge >= 0.3 is 0 Å². The van der Waals surface area contributed by atoms with Crippen LogP contribution in [0.2, 0.25) is 0 Å². The zero-order valence-electron chi connectivity index (χ0n) is 22.7. The monoisotopic (exact) mass is 531 g/mol. The van der Waals surface area contributed by atoms with E-state index in [9.17, 15) is 9.59 Å². The summed E-state index contributed by atoms with van der Waals surface area (Å²) in [6.07, 6.45) is 1.11. The van der Waals surface area contributed by atoms with Gasteiger partial charge in [-0.2, -0.15) is 0 Å². The Hall–Kier alpha value is -3.52. The molecule has 0 bridgehead atoms. The smallest absolute Gasteiger partial charge is 0.257 e. The van der Waals surface area contributed by atoms with E-state index in [0.29, 0.717) is 52.2 Å². The van der Waals surface area contributed by atoms with Crippen LogP contribution in [-0.2, 0) is 10.5 Å². The number of rotatable bonds is 6. The van der Waals surface area contributed by atoms with Crippen molar-refractivity contribution in [3.05, 3.63) is 85.8 Å². The molecule has 1 aromatic heterocycles. The van der Waals surface area contributed by atoms with Crippen molar-refractivity contribution in [2.45, 2.75) is 57.4 Å². The molecule has 0 fully saturated rings. The van der Waals surface area contributed by atoms with E-state index in [1.165, 1.54) is 28.5 Å². The lowest BCUT2D eigenvalue weighted by atomic mass is 9.69. The van der Waals surface area contributed by atoms with Crippen molar-refractivity contribution in [3.8, 4) is 11.5 Å². The summed E-state index contributed by atoms with van der Waals surface area (Å²) in [6.45, 7) is 8.35. The first-order valence-corrected chi connectivity index (χ1v) is 13.7. The van der Waals surface area contributed by atoms with Crippen molar-refractivity contribution in [1.82, 2.24) is 9.97 Å². The van der Waals surface area contributed by atoms with Gasteiger partial charge in [-0.25, -0.2) is 4.98 Å². The zero-order chi connectivity index (χ0) is 27.2. The molecule has 1 aliphatic carbocycles. The minimum Gasteiger partial charge on any atom is -0.493 e. The highest BCUT2D eigenvalue weighted by molar-refractivity contribution is 7.98. The van der Waals surface area contributed by atoms with Gasteiger partial charge in [0, 0.05) is 29.4 Å². The predicted molar refractivity (Wildman–Crippen MR) is 150 cm³/mol. The van der Waals surface area contributed by atoms with E-state index in [-0.39, 0.29) is 16.8 Å². The van der Waals surface area contributed by atoms with Crippen LogP contribution in [-0.4, -0.2) is 30.0 Å². The van der Waals surface area contributed by atoms with Gasteiger partial charge < -0.3 is 19.8 Å². The van der Waals surface area contributed by atoms with Crippen molar-refractivity contribution in [1.29, 1.82) is 0 Å². The lowest BCUT2D eigenvalue weighted by Crippen LogP contribution is -2.37. The number of allylic oxidation sites excluding steroid dienone is 2. The summed E-state index contributed by atoms with van der Waals surface area (Å²) >= 11 is 1.49. The Labute approximate surface area is 227 Å². The van der Waals surface area contributed by atoms with Gasteiger partial charge in [-0.1, -0.05) is 55.4 Å². The van der Waals surface area contributed by atoms with E-state index in [4.69, 9.17) is 14.5 Å². The number of anilines is 1. The fourth-order valence-corrected chi connectivity index (χ4v) is 6.42. The summed E-state index contributed by atoms with van der Waals surface area (Å²) < 4.78 is 11.0. The molecule has 38 heavy (non-hydrogen) atoms. The minimum absolute atomic E-state index is 0.0434. The Bertz CT molecular complexity index is 1520. The van der Waals surface area contributed by atoms with E-state index >= 15 is 0 Å². The summed E-state index contributed by atoms with van der Waals surface area (Å²) in [4.78, 5) is 35.0. The number of aromatic amines is 1. The van der Waals surface area contributed by atoms with E-state index in [2.05, 4.69) is 56.2 Å². The molecule has 198 valence electrons. The zero-order valence-corrected chi connectivity index (χ0v) is 23.5. The molecule has 2 aliphatic rings. The number of aromatic nitrogens is 2. The molecule has 0 saturated carbocycles. The number of aryl methyl sites for hydroxylation is 2. The number of carbonyl (C=O) groups excluding carboxylic acids is 1. The number of nitrogens with zero attached hydrogens (tertiary/aromatic N) is 1. The van der Waals surface area contributed by atoms with E-state index in [1.54, 1.807) is 14.2 Å². The Morgan fingerprint density at radius 3 is 2.50 bits per heavy atom. The highest BCUT2D eigenvalue weighted by atomic mass is 32.2. The summed E-state index contributed by atoms with van der Waals surface area (Å²) in [7, 11) is 3.15. The van der Waals surface area contributed by atoms with Crippen molar-refractivity contribution in [3.63, 3.8) is 0 Å². The first-order valence-electron chi connectivity index (χ1n) is 12.7. The Balaban J connectivity index is 1.60. The molecule has 1 aliphatic heterocycles. The second-order valence-electron chi connectivity index (χ2n) is 10.9. The normalized spacial score (nSPS) is 17.9. The largest absolute Gasteiger partial charge is 0.493 e. The molecule has 0 saturated heterocycles. The number of H-pyrrole nitrogens is 1. The lowest BCUT2D eigenvalue weighted by Gasteiger charge is -2.38. The molecule has 0 amide bonds. The number of carbonyl (C=O) groups is 1. The van der Waals surface area contributed by atoms with E-state index < -0.39 is 5.92 Å². The number of nitrogens with one attached hydrogen (secondary N) is 2. The first-order chi connectivity index (χ1) is 18.1. The topological polar surface area (TPSA) is 93.3 Å². The van der Waals surface area contributed by atoms with Crippen LogP contribution in [0.5, 0.6) is 11.5 Å². The van der Waals surface area contributed by atoms with Crippen LogP contribution >= 0.6 is 11.8 Å². The highest BCUT2D eigenvalue weighted by Crippen LogP contribution is 2.48. The number of Topliss-reactive ketones (excluding diaryl/α,β-unsaturated/α-hetero) is 1. The Morgan fingerprint density at radius 1 is 1.03 bits per heavy atom. The number of ether oxygens (including phenoxy) is 2. The summed E-state index contributed by atoms with van der Waals surface area (Å²) in [5.41, 5.74) is 5.88. The minimum atomic E-state index is -0.556. The van der Waals surface area contributed by atoms with Gasteiger partial charge in [0.2, 0.25) is 0 Å². The number of ketones is 1. The summed E-state index contributed by atoms with van der Waals surface area (Å²) in [6, 6.07) is 11.9. The average molecular weight is 532 g/mol. The second-order valence-corrected chi connectivity index (χ2v) is 11.8. The number of benzene rings is 2. The number of hydrogen-bond donors (Lipinski definition) is 2. The fourth-order valence-electron chi connectivity index (χ4n) is 5.48. The van der Waals surface area contributed by atoms with E-state index in [1.807, 2.05) is 18.2 Å². The maximum absolute atomic E-state index is 13.6. The SMILES string of the molecule is COc1ccc([C@@H]2C3=C(CC(C)(C)CC3=O)Nc3nc(SCc4ccc(C)cc4C)[nH]c(=O)c32)cc1OC. The summed E-state index contributed by atoms with van der Waals surface area (Å²) in [5, 5.41) is 3.93. The third-order valence-corrected chi connectivity index (χ3v) is 8.23. The fraction of sp³-hybridized carbons (Fsp3) is 0.367. The number of thioether (sulfide) groups is 1. The molecule has 2 heterocycles. The third kappa shape index (κ3) is 4.85.